The lowest BCUT2D eigenvalue weighted by Gasteiger charge is -2.24. The number of aromatic nitrogens is 4. The number of hydrogen-bond acceptors (Lipinski definition) is 8. The lowest BCUT2D eigenvalue weighted by atomic mass is 9.87. The molecule has 1 aromatic carbocycles. The Bertz CT molecular complexity index is 1460. The molecule has 10 heteroatoms. The van der Waals surface area contributed by atoms with Crippen LogP contribution in [0.25, 0.3) is 21.1 Å². The Labute approximate surface area is 232 Å². The minimum atomic E-state index is 0.0280. The van der Waals surface area contributed by atoms with E-state index >= 15 is 0 Å². The van der Waals surface area contributed by atoms with E-state index in [4.69, 9.17) is 4.74 Å². The number of carbonyl (C=O) groups is 1. The lowest BCUT2D eigenvalue weighted by molar-refractivity contribution is -0.133. The Balaban J connectivity index is 1.19. The zero-order chi connectivity index (χ0) is 26.8. The smallest absolute Gasteiger partial charge is 0.225 e. The zero-order valence-corrected chi connectivity index (χ0v) is 23.6. The summed E-state index contributed by atoms with van der Waals surface area (Å²) in [5.41, 5.74) is 3.05. The molecule has 0 bridgehead atoms. The third kappa shape index (κ3) is 5.58. The molecule has 6 rings (SSSR count). The Kier molecular flexibility index (Phi) is 7.65. The van der Waals surface area contributed by atoms with E-state index in [0.717, 1.165) is 76.6 Å². The molecule has 0 saturated heterocycles. The summed E-state index contributed by atoms with van der Waals surface area (Å²) in [5, 5.41) is 16.4. The molecule has 2 aliphatic rings. The molecule has 206 valence electrons. The van der Waals surface area contributed by atoms with Gasteiger partial charge in [0.25, 0.3) is 0 Å². The van der Waals surface area contributed by atoms with Crippen LogP contribution in [0.4, 0.5) is 11.5 Å². The normalized spacial score (nSPS) is 17.5. The highest BCUT2D eigenvalue weighted by Gasteiger charge is 2.30. The maximum Gasteiger partial charge on any atom is 0.225 e. The van der Waals surface area contributed by atoms with Gasteiger partial charge < -0.3 is 20.3 Å². The second kappa shape index (κ2) is 11.5. The fourth-order valence-electron chi connectivity index (χ4n) is 6.06. The summed E-state index contributed by atoms with van der Waals surface area (Å²) >= 11 is 1.68. The number of H-pyrrole nitrogens is 1. The van der Waals surface area contributed by atoms with Gasteiger partial charge in [0.05, 0.1) is 22.8 Å². The van der Waals surface area contributed by atoms with E-state index in [1.807, 2.05) is 26.4 Å². The summed E-state index contributed by atoms with van der Waals surface area (Å²) in [5.74, 6) is 2.66. The molecular formula is C29H37N7O2S. The number of aromatic amines is 1. The number of amides is 1. The van der Waals surface area contributed by atoms with Crippen LogP contribution in [0.5, 0.6) is 5.75 Å². The first kappa shape index (κ1) is 26.0. The highest BCUT2D eigenvalue weighted by molar-refractivity contribution is 7.19. The van der Waals surface area contributed by atoms with Crippen molar-refractivity contribution in [3.63, 3.8) is 0 Å². The Morgan fingerprint density at radius 1 is 1.18 bits per heavy atom. The highest BCUT2D eigenvalue weighted by atomic mass is 32.1. The minimum Gasteiger partial charge on any atom is -0.490 e. The van der Waals surface area contributed by atoms with Crippen molar-refractivity contribution in [2.24, 2.45) is 11.8 Å². The molecule has 1 unspecified atom stereocenters. The standard InChI is InChI=1S/C29H37N7O2S/c1-36(2)29(37)19-7-8-21-25(14-19)39-28-26(21)27(31-17-32-28)34-23-13-20-16-33-35-22(20)15-24(23)38-12-11-30-10-9-18-5-3-4-6-18/h13,15-19,30H,3-12,14H2,1-2H3,(H,33,35)(H,31,32,34). The van der Waals surface area contributed by atoms with E-state index in [1.165, 1.54) is 42.5 Å². The summed E-state index contributed by atoms with van der Waals surface area (Å²) in [6.45, 7) is 2.42. The number of nitrogens with one attached hydrogen (secondary N) is 3. The van der Waals surface area contributed by atoms with Gasteiger partial charge in [0.1, 0.15) is 29.3 Å². The molecule has 3 N–H and O–H groups in total. The predicted octanol–water partition coefficient (Wildman–Crippen LogP) is 5.05. The van der Waals surface area contributed by atoms with Gasteiger partial charge in [-0.15, -0.1) is 11.3 Å². The average molecular weight is 548 g/mol. The number of benzene rings is 1. The number of nitrogens with zero attached hydrogens (tertiary/aromatic N) is 4. The maximum atomic E-state index is 12.6. The second-order valence-corrected chi connectivity index (χ2v) is 12.1. The van der Waals surface area contributed by atoms with Crippen LogP contribution in [0.2, 0.25) is 0 Å². The zero-order valence-electron chi connectivity index (χ0n) is 22.8. The van der Waals surface area contributed by atoms with Crippen LogP contribution < -0.4 is 15.4 Å². The molecule has 1 fully saturated rings. The van der Waals surface area contributed by atoms with E-state index in [-0.39, 0.29) is 11.8 Å². The monoisotopic (exact) mass is 547 g/mol. The van der Waals surface area contributed by atoms with Gasteiger partial charge in [-0.05, 0) is 49.8 Å². The van der Waals surface area contributed by atoms with E-state index in [0.29, 0.717) is 6.61 Å². The lowest BCUT2D eigenvalue weighted by Crippen LogP contribution is -2.32. The van der Waals surface area contributed by atoms with Crippen molar-refractivity contribution < 1.29 is 9.53 Å². The van der Waals surface area contributed by atoms with Crippen molar-refractivity contribution in [1.29, 1.82) is 0 Å². The number of thiophene rings is 1. The number of ether oxygens (including phenoxy) is 1. The fraction of sp³-hybridized carbons (Fsp3) is 0.517. The van der Waals surface area contributed by atoms with Crippen LogP contribution in [0.3, 0.4) is 0 Å². The molecule has 1 saturated carbocycles. The van der Waals surface area contributed by atoms with Gasteiger partial charge in [-0.3, -0.25) is 9.89 Å². The van der Waals surface area contributed by atoms with E-state index in [9.17, 15) is 4.79 Å². The van der Waals surface area contributed by atoms with E-state index in [1.54, 1.807) is 22.6 Å². The molecule has 0 spiro atoms. The van der Waals surface area contributed by atoms with Crippen molar-refractivity contribution >= 4 is 49.9 Å². The molecule has 0 radical (unpaired) electrons. The SMILES string of the molecule is CN(C)C(=O)C1CCc2c(sc3ncnc(Nc4cc5cn[nH]c5cc4OCCNCCC4CCCC4)c23)C1. The van der Waals surface area contributed by atoms with Crippen LogP contribution in [0.1, 0.15) is 49.0 Å². The van der Waals surface area contributed by atoms with Crippen LogP contribution >= 0.6 is 11.3 Å². The average Bonchev–Trinajstić information content (AvgIpc) is 3.69. The van der Waals surface area contributed by atoms with Gasteiger partial charge in [-0.1, -0.05) is 25.7 Å². The third-order valence-electron chi connectivity index (χ3n) is 8.17. The van der Waals surface area contributed by atoms with Gasteiger partial charge in [0, 0.05) is 42.9 Å². The number of carbonyl (C=O) groups excluding carboxylic acids is 1. The molecule has 3 heterocycles. The minimum absolute atomic E-state index is 0.0280. The first-order valence-corrected chi connectivity index (χ1v) is 14.9. The molecule has 39 heavy (non-hydrogen) atoms. The van der Waals surface area contributed by atoms with Crippen molar-refractivity contribution in [2.45, 2.75) is 51.4 Å². The van der Waals surface area contributed by atoms with Crippen molar-refractivity contribution in [3.05, 3.63) is 35.1 Å². The summed E-state index contributed by atoms with van der Waals surface area (Å²) in [7, 11) is 3.67. The fourth-order valence-corrected chi connectivity index (χ4v) is 7.33. The molecule has 2 aliphatic carbocycles. The van der Waals surface area contributed by atoms with Crippen molar-refractivity contribution in [2.75, 3.05) is 39.1 Å². The molecule has 3 aromatic heterocycles. The molecule has 0 aliphatic heterocycles. The first-order chi connectivity index (χ1) is 19.1. The molecule has 4 aromatic rings. The summed E-state index contributed by atoms with van der Waals surface area (Å²) < 4.78 is 6.27. The topological polar surface area (TPSA) is 108 Å². The van der Waals surface area contributed by atoms with Crippen molar-refractivity contribution in [3.8, 4) is 5.75 Å². The summed E-state index contributed by atoms with van der Waals surface area (Å²) in [6, 6.07) is 4.06. The Morgan fingerprint density at radius 3 is 2.90 bits per heavy atom. The van der Waals surface area contributed by atoms with Gasteiger partial charge in [0.2, 0.25) is 5.91 Å². The number of rotatable bonds is 10. The molecular weight excluding hydrogens is 510 g/mol. The Morgan fingerprint density at radius 2 is 2.05 bits per heavy atom. The number of anilines is 2. The Hall–Kier alpha value is -3.24. The van der Waals surface area contributed by atoms with Gasteiger partial charge in [0.15, 0.2) is 0 Å². The van der Waals surface area contributed by atoms with Crippen LogP contribution in [0, 0.1) is 11.8 Å². The highest BCUT2D eigenvalue weighted by Crippen LogP contribution is 2.42. The van der Waals surface area contributed by atoms with Crippen LogP contribution in [-0.4, -0.2) is 64.8 Å². The van der Waals surface area contributed by atoms with Crippen LogP contribution in [0.15, 0.2) is 24.7 Å². The van der Waals surface area contributed by atoms with Crippen molar-refractivity contribution in [1.82, 2.24) is 30.4 Å². The third-order valence-corrected chi connectivity index (χ3v) is 9.33. The second-order valence-electron chi connectivity index (χ2n) is 11.0. The molecule has 1 atom stereocenters. The van der Waals surface area contributed by atoms with Crippen LogP contribution in [-0.2, 0) is 17.6 Å². The molecule has 1 amide bonds. The first-order valence-electron chi connectivity index (χ1n) is 14.1. The quantitative estimate of drug-likeness (QED) is 0.238. The number of fused-ring (bicyclic) bond motifs is 4. The van der Waals surface area contributed by atoms with Gasteiger partial charge in [-0.25, -0.2) is 9.97 Å². The maximum absolute atomic E-state index is 12.6. The summed E-state index contributed by atoms with van der Waals surface area (Å²) in [4.78, 5) is 25.8. The van der Waals surface area contributed by atoms with Gasteiger partial charge >= 0.3 is 0 Å². The number of hydrogen-bond donors (Lipinski definition) is 3. The summed E-state index contributed by atoms with van der Waals surface area (Å²) in [6.07, 6.45) is 12.7. The number of aryl methyl sites for hydroxylation is 1. The van der Waals surface area contributed by atoms with Gasteiger partial charge in [-0.2, -0.15) is 5.10 Å². The molecule has 9 nitrogen and oxygen atoms in total. The predicted molar refractivity (Wildman–Crippen MR) is 156 cm³/mol. The van der Waals surface area contributed by atoms with E-state index in [2.05, 4.69) is 36.9 Å². The van der Waals surface area contributed by atoms with E-state index < -0.39 is 0 Å². The largest absolute Gasteiger partial charge is 0.490 e.